The number of carbonyl (C=O) groups is 1. The van der Waals surface area contributed by atoms with Crippen LogP contribution in [0.1, 0.15) is 125 Å². The number of Topliss-reactive ketones (excluding diaryl/α,β-unsaturated/α-hetero) is 1. The highest BCUT2D eigenvalue weighted by Crippen LogP contribution is 2.49. The van der Waals surface area contributed by atoms with Crippen LogP contribution in [0.2, 0.25) is 0 Å². The third-order valence-corrected chi connectivity index (χ3v) is 22.3. The highest BCUT2D eigenvalue weighted by atomic mass is 16.4. The number of pyridine rings is 3. The Morgan fingerprint density at radius 3 is 1.54 bits per heavy atom. The summed E-state index contributed by atoms with van der Waals surface area (Å²) in [5.41, 5.74) is 9.59. The Balaban J connectivity index is 0.000000112. The van der Waals surface area contributed by atoms with E-state index in [1.165, 1.54) is 44.9 Å². The van der Waals surface area contributed by atoms with Gasteiger partial charge in [0.15, 0.2) is 23.1 Å². The van der Waals surface area contributed by atoms with Crippen molar-refractivity contribution in [2.75, 3.05) is 130 Å². The molecule has 6 aliphatic heterocycles. The van der Waals surface area contributed by atoms with Crippen molar-refractivity contribution in [3.8, 4) is 11.5 Å². The molecule has 518 valence electrons. The van der Waals surface area contributed by atoms with Crippen LogP contribution in [0, 0.1) is 6.92 Å². The average Bonchev–Trinajstić information content (AvgIpc) is 1.57. The molecule has 9 aliphatic rings. The number of fused-ring (bicyclic) bond motifs is 14. The number of hydrogen-bond acceptors (Lipinski definition) is 24. The maximum atomic E-state index is 12.7. The van der Waals surface area contributed by atoms with Crippen molar-refractivity contribution in [3.63, 3.8) is 0 Å². The van der Waals surface area contributed by atoms with Crippen molar-refractivity contribution in [2.24, 2.45) is 4.99 Å². The summed E-state index contributed by atoms with van der Waals surface area (Å²) in [7, 11) is 4.34. The van der Waals surface area contributed by atoms with Gasteiger partial charge in [-0.05, 0) is 114 Å². The molecular formula is C73H89N25O2. The molecule has 10 aromatic rings. The van der Waals surface area contributed by atoms with Gasteiger partial charge in [-0.3, -0.25) is 14.7 Å². The number of oxazole rings is 1. The molecule has 6 fully saturated rings. The molecule has 0 amide bonds. The SMILES string of the molecule is CN1CCN(c2ccc(Nc3ncc4nc5n(c4n3)C3(CC=N5)CCCCC3)nc2)CC1.Cc1nc2c(o1)-c1cc3cnc(Nc4ccc(N5CCN(C)CC5)cn4)nc3n1C1(CCCCC1)C2.O=C1CNC2(CCCCC2)n2c1cc1cnc(Nc3ccc(N4CCNCC4)cn3)nc12. The van der Waals surface area contributed by atoms with E-state index in [4.69, 9.17) is 29.3 Å². The number of piperazine rings is 3. The summed E-state index contributed by atoms with van der Waals surface area (Å²) < 4.78 is 12.9. The van der Waals surface area contributed by atoms with Gasteiger partial charge in [-0.25, -0.2) is 44.9 Å². The lowest BCUT2D eigenvalue weighted by Gasteiger charge is -2.43. The minimum Gasteiger partial charge on any atom is -0.439 e. The number of rotatable bonds is 9. The summed E-state index contributed by atoms with van der Waals surface area (Å²) >= 11 is 0. The van der Waals surface area contributed by atoms with Gasteiger partial charge in [0.05, 0.1) is 82.2 Å². The standard InChI is InChI=1S/C27H32N8O.C23H29N9.C23H28N8O/c1-18-30-21-15-27(8-4-3-5-9-27)35-22(24(21)36-18)14-19-16-29-26(32-25(19)35)31-23-7-6-20(17-28-23)34-12-10-33(2)11-13-34;1-30-11-13-31(14-12-30)17-5-6-19(25-15-17)28-21-26-16-18-20(29-21)32-22(27-18)24-10-9-23(32)7-3-2-4-8-23;32-19-15-27-23(6-2-1-3-7-23)31-18(19)12-16-13-26-22(29-21(16)31)28-20-5-4-17(14-25-20)30-10-8-24-9-11-30/h6-7,14,16-17H,3-5,8-13,15H2,1-2H3,(H,28,29,31,32);5-6,10,15-16H,2-4,7-9,11-14H2,1H3,(H,25,26,28,29);4-5,12-14,24,27H,1-3,6-11,15H2,(H,25,26,28,29). The van der Waals surface area contributed by atoms with Crippen LogP contribution in [0.25, 0.3) is 44.7 Å². The largest absolute Gasteiger partial charge is 0.439 e. The van der Waals surface area contributed by atoms with Gasteiger partial charge in [0.25, 0.3) is 0 Å². The maximum absolute atomic E-state index is 12.7. The summed E-state index contributed by atoms with van der Waals surface area (Å²) in [5.74, 6) is 6.27. The Kier molecular flexibility index (Phi) is 17.1. The maximum Gasteiger partial charge on any atom is 0.232 e. The zero-order valence-corrected chi connectivity index (χ0v) is 57.6. The second-order valence-electron chi connectivity index (χ2n) is 28.9. The molecular weight excluding hydrogens is 1260 g/mol. The lowest BCUT2D eigenvalue weighted by atomic mass is 9.76. The lowest BCUT2D eigenvalue weighted by molar-refractivity contribution is 0.0807. The van der Waals surface area contributed by atoms with Crippen LogP contribution in [-0.2, 0) is 23.2 Å². The highest BCUT2D eigenvalue weighted by molar-refractivity contribution is 6.01. The first-order valence-corrected chi connectivity index (χ1v) is 36.3. The average molecular weight is 1350 g/mol. The van der Waals surface area contributed by atoms with Gasteiger partial charge >= 0.3 is 0 Å². The molecule has 0 aromatic carbocycles. The first-order chi connectivity index (χ1) is 49.0. The van der Waals surface area contributed by atoms with Crippen molar-refractivity contribution in [1.29, 1.82) is 0 Å². The van der Waals surface area contributed by atoms with Crippen LogP contribution in [-0.4, -0.2) is 189 Å². The van der Waals surface area contributed by atoms with Crippen molar-refractivity contribution in [1.82, 2.24) is 89.0 Å². The van der Waals surface area contributed by atoms with Crippen molar-refractivity contribution in [3.05, 3.63) is 103 Å². The number of imidazole rings is 1. The number of likely N-dealkylation sites (N-methyl/N-ethyl adjacent to an activating group) is 2. The van der Waals surface area contributed by atoms with E-state index in [1.807, 2.05) is 62.2 Å². The van der Waals surface area contributed by atoms with Crippen LogP contribution in [0.15, 0.2) is 95.1 Å². The molecule has 16 heterocycles. The van der Waals surface area contributed by atoms with Crippen LogP contribution in [0.3, 0.4) is 0 Å². The van der Waals surface area contributed by atoms with E-state index in [0.29, 0.717) is 30.2 Å². The molecule has 0 unspecified atom stereocenters. The van der Waals surface area contributed by atoms with Gasteiger partial charge in [0, 0.05) is 128 Å². The van der Waals surface area contributed by atoms with Crippen molar-refractivity contribution >= 4 is 104 Å². The molecule has 10 aromatic heterocycles. The van der Waals surface area contributed by atoms with E-state index in [0.717, 1.165) is 239 Å². The molecule has 3 aliphatic carbocycles. The van der Waals surface area contributed by atoms with E-state index in [9.17, 15) is 4.79 Å². The molecule has 27 nitrogen and oxygen atoms in total. The lowest BCUT2D eigenvalue weighted by Crippen LogP contribution is -2.55. The van der Waals surface area contributed by atoms with Crippen molar-refractivity contribution < 1.29 is 9.21 Å². The summed E-state index contributed by atoms with van der Waals surface area (Å²) in [6, 6.07) is 16.4. The molecule has 100 heavy (non-hydrogen) atoms. The molecule has 19 rings (SSSR count). The van der Waals surface area contributed by atoms with Crippen LogP contribution < -0.4 is 41.3 Å². The molecule has 0 atom stereocenters. The number of hydrogen-bond donors (Lipinski definition) is 5. The summed E-state index contributed by atoms with van der Waals surface area (Å²) in [6.45, 7) is 14.7. The summed E-state index contributed by atoms with van der Waals surface area (Å²) in [6.07, 6.45) is 32.8. The van der Waals surface area contributed by atoms with Gasteiger partial charge in [-0.15, -0.1) is 0 Å². The van der Waals surface area contributed by atoms with Crippen molar-refractivity contribution in [2.45, 2.75) is 133 Å². The Morgan fingerprint density at radius 1 is 0.490 bits per heavy atom. The fourth-order valence-electron chi connectivity index (χ4n) is 16.9. The zero-order valence-electron chi connectivity index (χ0n) is 57.6. The highest BCUT2D eigenvalue weighted by Gasteiger charge is 2.45. The Morgan fingerprint density at radius 2 is 0.990 bits per heavy atom. The smallest absolute Gasteiger partial charge is 0.232 e. The predicted molar refractivity (Wildman–Crippen MR) is 390 cm³/mol. The number of nitrogens with one attached hydrogen (secondary N) is 5. The molecule has 0 radical (unpaired) electrons. The fraction of sp³-hybridized carbons (Fsp3) is 0.493. The first-order valence-electron chi connectivity index (χ1n) is 36.3. The fourth-order valence-corrected chi connectivity index (χ4v) is 16.9. The third-order valence-electron chi connectivity index (χ3n) is 22.3. The minimum absolute atomic E-state index is 0.000318. The van der Waals surface area contributed by atoms with Crippen LogP contribution in [0.4, 0.5) is 58.3 Å². The second-order valence-corrected chi connectivity index (χ2v) is 28.9. The molecule has 3 spiro atoms. The van der Waals surface area contributed by atoms with E-state index in [1.54, 1.807) is 12.4 Å². The summed E-state index contributed by atoms with van der Waals surface area (Å²) in [5, 5.41) is 18.7. The Bertz CT molecular complexity index is 4610. The van der Waals surface area contributed by atoms with Crippen LogP contribution in [0.5, 0.6) is 0 Å². The van der Waals surface area contributed by atoms with Gasteiger partial charge in [-0.2, -0.15) is 15.0 Å². The number of aryl methyl sites for hydroxylation is 1. The quantitative estimate of drug-likeness (QED) is 0.0898. The monoisotopic (exact) mass is 1350 g/mol. The summed E-state index contributed by atoms with van der Waals surface area (Å²) in [4.78, 5) is 80.6. The number of anilines is 9. The molecule has 27 heteroatoms. The van der Waals surface area contributed by atoms with Gasteiger partial charge in [0.1, 0.15) is 34.3 Å². The normalized spacial score (nSPS) is 20.1. The minimum atomic E-state index is -0.224. The zero-order chi connectivity index (χ0) is 67.4. The number of carbonyl (C=O) groups excluding carboxylic acids is 1. The molecule has 3 saturated carbocycles. The van der Waals surface area contributed by atoms with E-state index >= 15 is 0 Å². The molecule has 3 saturated heterocycles. The van der Waals surface area contributed by atoms with Gasteiger partial charge < -0.3 is 59.3 Å². The Hall–Kier alpha value is -9.57. The van der Waals surface area contributed by atoms with Gasteiger partial charge in [-0.1, -0.05) is 44.9 Å². The first kappa shape index (κ1) is 63.8. The second kappa shape index (κ2) is 26.8. The Labute approximate surface area is 581 Å². The van der Waals surface area contributed by atoms with E-state index in [2.05, 4.69) is 138 Å². The number of aromatic nitrogens is 14. The number of ketones is 1. The molecule has 5 N–H and O–H groups in total. The number of aliphatic imine (C=N–C) groups is 1. The molecule has 0 bridgehead atoms. The number of nitrogens with zero attached hydrogens (tertiary/aromatic N) is 20. The van der Waals surface area contributed by atoms with E-state index in [-0.39, 0.29) is 22.5 Å². The topological polar surface area (TPSA) is 276 Å². The third kappa shape index (κ3) is 12.4. The van der Waals surface area contributed by atoms with Crippen LogP contribution >= 0.6 is 0 Å². The van der Waals surface area contributed by atoms with E-state index < -0.39 is 0 Å². The van der Waals surface area contributed by atoms with Gasteiger partial charge in [0.2, 0.25) is 23.8 Å². The predicted octanol–water partition coefficient (Wildman–Crippen LogP) is 10.4.